The summed E-state index contributed by atoms with van der Waals surface area (Å²) in [7, 11) is 0. The summed E-state index contributed by atoms with van der Waals surface area (Å²) < 4.78 is 32.1. The summed E-state index contributed by atoms with van der Waals surface area (Å²) >= 11 is 14.6. The number of likely N-dealkylation sites (tertiary alicyclic amines) is 1. The number of rotatable bonds is 9. The molecule has 3 saturated heterocycles. The molecule has 3 aromatic carbocycles. The lowest BCUT2D eigenvalue weighted by atomic mass is 9.79. The number of nitrogens with zero attached hydrogens (tertiary/aromatic N) is 5. The van der Waals surface area contributed by atoms with E-state index >= 15 is 4.39 Å². The molecule has 0 spiro atoms. The molecule has 5 aliphatic rings. The van der Waals surface area contributed by atoms with Crippen LogP contribution in [0.5, 0.6) is 0 Å². The summed E-state index contributed by atoms with van der Waals surface area (Å²) in [6.07, 6.45) is 3.92. The predicted molar refractivity (Wildman–Crippen MR) is 210 cm³/mol. The maximum absolute atomic E-state index is 17.2. The van der Waals surface area contributed by atoms with Crippen LogP contribution in [0.2, 0.25) is 10.0 Å². The second kappa shape index (κ2) is 13.3. The number of halogens is 3. The number of nitriles is 1. The minimum absolute atomic E-state index is 0.0471. The highest BCUT2D eigenvalue weighted by Crippen LogP contribution is 2.51. The molecule has 1 amide bonds. The van der Waals surface area contributed by atoms with Crippen LogP contribution in [0.1, 0.15) is 66.8 Å². The Labute approximate surface area is 326 Å². The molecule has 3 aromatic heterocycles. The van der Waals surface area contributed by atoms with E-state index in [9.17, 15) is 10.1 Å². The molecule has 8 nitrogen and oxygen atoms in total. The van der Waals surface area contributed by atoms with Crippen molar-refractivity contribution < 1.29 is 13.9 Å². The number of carbonyl (C=O) groups excluding carboxylic acids is 1. The van der Waals surface area contributed by atoms with Gasteiger partial charge in [-0.25, -0.2) is 9.37 Å². The molecule has 5 atom stereocenters. The molecule has 274 valence electrons. The quantitative estimate of drug-likeness (QED) is 0.157. The SMILES string of the molecule is Cc1nc2c(F)c(-c3cccc(Cl)c3Cl)c(CCC#N)cc2c2c1cc(C1CC(OCc3nsc4ccccc34)CN1C(=O)C1CC1)n2C1C2CNC1C2. The third-order valence-corrected chi connectivity index (χ3v) is 13.8. The van der Waals surface area contributed by atoms with Crippen LogP contribution < -0.4 is 5.32 Å². The van der Waals surface area contributed by atoms with E-state index in [1.165, 1.54) is 11.5 Å². The van der Waals surface area contributed by atoms with Crippen LogP contribution in [0, 0.1) is 35.9 Å². The van der Waals surface area contributed by atoms with Crippen molar-refractivity contribution in [3.8, 4) is 17.2 Å². The third-order valence-electron chi connectivity index (χ3n) is 12.2. The van der Waals surface area contributed by atoms with Crippen LogP contribution in [0.25, 0.3) is 43.0 Å². The van der Waals surface area contributed by atoms with Crippen molar-refractivity contribution in [2.45, 2.75) is 76.3 Å². The number of carbonyl (C=O) groups is 1. The molecule has 3 aliphatic heterocycles. The average molecular weight is 780 g/mol. The monoisotopic (exact) mass is 778 g/mol. The van der Waals surface area contributed by atoms with Gasteiger partial charge in [-0.05, 0) is 79.9 Å². The standard InChI is InChI=1S/C42H37Cl2FN6O2S/c1-21-28-17-34(33-16-25(19-50(33)42(52)22-11-12-22)53-20-32-26-7-2-3-10-35(26)54-49-32)51(40-24-15-31(40)47-18-24)41(28)29-14-23(6-5-13-46)36(38(45)39(29)48-21)27-8-4-9-30(43)37(27)44/h2-4,7-10,14,17,22,24-25,31,33,40,47H,5-6,11-12,15-16,18-20H2,1H3. The van der Waals surface area contributed by atoms with Crippen LogP contribution in [0.15, 0.2) is 54.6 Å². The normalized spacial score (nSPS) is 23.5. The van der Waals surface area contributed by atoms with Gasteiger partial charge in [-0.3, -0.25) is 4.79 Å². The van der Waals surface area contributed by atoms with Crippen molar-refractivity contribution in [3.63, 3.8) is 0 Å². The van der Waals surface area contributed by atoms with E-state index in [-0.39, 0.29) is 53.0 Å². The van der Waals surface area contributed by atoms with Crippen LogP contribution in [-0.4, -0.2) is 50.0 Å². The van der Waals surface area contributed by atoms with E-state index in [1.54, 1.807) is 18.2 Å². The summed E-state index contributed by atoms with van der Waals surface area (Å²) in [6, 6.07) is 20.1. The van der Waals surface area contributed by atoms with Gasteiger partial charge in [0, 0.05) is 76.6 Å². The van der Waals surface area contributed by atoms with Crippen molar-refractivity contribution in [3.05, 3.63) is 93.1 Å². The van der Waals surface area contributed by atoms with E-state index in [1.807, 2.05) is 25.1 Å². The Balaban J connectivity index is 1.13. The van der Waals surface area contributed by atoms with Gasteiger partial charge in [0.2, 0.25) is 5.91 Å². The van der Waals surface area contributed by atoms with E-state index in [0.29, 0.717) is 64.7 Å². The molecule has 1 N–H and O–H groups in total. The lowest BCUT2D eigenvalue weighted by Gasteiger charge is -2.39. The number of ether oxygens (including phenoxy) is 1. The zero-order valence-electron chi connectivity index (χ0n) is 29.6. The Bertz CT molecular complexity index is 2550. The summed E-state index contributed by atoms with van der Waals surface area (Å²) in [5.74, 6) is 0.169. The summed E-state index contributed by atoms with van der Waals surface area (Å²) in [5, 5.41) is 16.7. The maximum atomic E-state index is 17.2. The fourth-order valence-electron chi connectivity index (χ4n) is 9.34. The van der Waals surface area contributed by atoms with E-state index in [0.717, 1.165) is 58.2 Å². The second-order valence-corrected chi connectivity index (χ2v) is 16.9. The smallest absolute Gasteiger partial charge is 0.226 e. The van der Waals surface area contributed by atoms with Gasteiger partial charge in [-0.15, -0.1) is 0 Å². The molecule has 0 radical (unpaired) electrons. The highest BCUT2D eigenvalue weighted by Gasteiger charge is 2.51. The summed E-state index contributed by atoms with van der Waals surface area (Å²) in [5.41, 5.74) is 5.34. The molecule has 5 unspecified atom stereocenters. The Morgan fingerprint density at radius 3 is 2.74 bits per heavy atom. The molecule has 6 heterocycles. The van der Waals surface area contributed by atoms with Crippen molar-refractivity contribution in [2.24, 2.45) is 11.8 Å². The number of fused-ring (bicyclic) bond motifs is 5. The van der Waals surface area contributed by atoms with Gasteiger partial charge in [0.05, 0.1) is 56.8 Å². The maximum Gasteiger partial charge on any atom is 0.226 e. The third kappa shape index (κ3) is 5.46. The highest BCUT2D eigenvalue weighted by atomic mass is 35.5. The molecule has 54 heavy (non-hydrogen) atoms. The number of aromatic nitrogens is 3. The number of aryl methyl sites for hydroxylation is 2. The predicted octanol–water partition coefficient (Wildman–Crippen LogP) is 9.48. The first-order valence-electron chi connectivity index (χ1n) is 18.8. The average Bonchev–Trinajstić information content (AvgIpc) is 3.60. The van der Waals surface area contributed by atoms with Crippen LogP contribution >= 0.6 is 34.7 Å². The molecular formula is C42H37Cl2FN6O2S. The van der Waals surface area contributed by atoms with Gasteiger partial charge >= 0.3 is 0 Å². The topological polar surface area (TPSA) is 96.1 Å². The number of hydrogen-bond acceptors (Lipinski definition) is 7. The fourth-order valence-corrected chi connectivity index (χ4v) is 10.5. The molecule has 2 bridgehead atoms. The zero-order valence-corrected chi connectivity index (χ0v) is 31.9. The lowest BCUT2D eigenvalue weighted by molar-refractivity contribution is -0.134. The fraction of sp³-hybridized carbons (Fsp3) is 0.381. The van der Waals surface area contributed by atoms with E-state index in [2.05, 4.69) is 39.1 Å². The minimum Gasteiger partial charge on any atom is -0.370 e. The number of benzene rings is 3. The van der Waals surface area contributed by atoms with Crippen LogP contribution in [0.4, 0.5) is 4.39 Å². The Morgan fingerprint density at radius 1 is 1.11 bits per heavy atom. The number of hydrogen-bond donors (Lipinski definition) is 1. The number of amides is 1. The van der Waals surface area contributed by atoms with Gasteiger partial charge < -0.3 is 19.5 Å². The van der Waals surface area contributed by atoms with Crippen molar-refractivity contribution in [2.75, 3.05) is 13.1 Å². The van der Waals surface area contributed by atoms with Gasteiger partial charge in [-0.2, -0.15) is 9.64 Å². The van der Waals surface area contributed by atoms with Gasteiger partial charge in [0.1, 0.15) is 5.52 Å². The van der Waals surface area contributed by atoms with Gasteiger partial charge in [0.25, 0.3) is 0 Å². The zero-order chi connectivity index (χ0) is 36.8. The number of pyridine rings is 1. The Morgan fingerprint density at radius 2 is 1.96 bits per heavy atom. The highest BCUT2D eigenvalue weighted by molar-refractivity contribution is 7.13. The molecule has 2 saturated carbocycles. The van der Waals surface area contributed by atoms with Crippen molar-refractivity contribution in [1.29, 1.82) is 5.26 Å². The van der Waals surface area contributed by atoms with Gasteiger partial charge in [-0.1, -0.05) is 53.5 Å². The Kier molecular flexibility index (Phi) is 8.46. The molecule has 11 rings (SSSR count). The second-order valence-electron chi connectivity index (χ2n) is 15.4. The molecule has 12 heteroatoms. The first-order valence-corrected chi connectivity index (χ1v) is 20.3. The van der Waals surface area contributed by atoms with E-state index < -0.39 is 5.82 Å². The number of nitrogens with one attached hydrogen (secondary N) is 1. The minimum atomic E-state index is -0.479. The van der Waals surface area contributed by atoms with Crippen molar-refractivity contribution >= 4 is 72.5 Å². The largest absolute Gasteiger partial charge is 0.370 e. The molecule has 2 aliphatic carbocycles. The van der Waals surface area contributed by atoms with Crippen molar-refractivity contribution in [1.82, 2.24) is 24.1 Å². The molecule has 6 aromatic rings. The van der Waals surface area contributed by atoms with Gasteiger partial charge in [0.15, 0.2) is 5.82 Å². The molecular weight excluding hydrogens is 742 g/mol. The first kappa shape index (κ1) is 34.4. The van der Waals surface area contributed by atoms with Crippen LogP contribution in [-0.2, 0) is 22.6 Å². The lowest BCUT2D eigenvalue weighted by Crippen LogP contribution is -2.41. The molecule has 5 fully saturated rings. The first-order chi connectivity index (χ1) is 26.3. The summed E-state index contributed by atoms with van der Waals surface area (Å²) in [4.78, 5) is 21.1. The van der Waals surface area contributed by atoms with E-state index in [4.69, 9.17) is 37.3 Å². The summed E-state index contributed by atoms with van der Waals surface area (Å²) in [6.45, 7) is 3.74. The van der Waals surface area contributed by atoms with Crippen LogP contribution in [0.3, 0.4) is 0 Å². The Hall–Kier alpha value is -4.11.